The van der Waals surface area contributed by atoms with E-state index in [4.69, 9.17) is 14.9 Å². The van der Waals surface area contributed by atoms with E-state index in [2.05, 4.69) is 0 Å². The van der Waals surface area contributed by atoms with Gasteiger partial charge in [0.05, 0.1) is 5.92 Å². The summed E-state index contributed by atoms with van der Waals surface area (Å²) in [6, 6.07) is -1.53. The second-order valence-electron chi connectivity index (χ2n) is 4.59. The van der Waals surface area contributed by atoms with Crippen LogP contribution >= 0.6 is 0 Å². The topological polar surface area (TPSA) is 113 Å². The van der Waals surface area contributed by atoms with Crippen LogP contribution in [-0.2, 0) is 14.3 Å². The van der Waals surface area contributed by atoms with E-state index in [1.54, 1.807) is 20.8 Å². The predicted octanol–water partition coefficient (Wildman–Crippen LogP) is 0.685. The molecule has 7 heteroatoms. The number of ether oxygens (including phenoxy) is 1. The number of carboxylic acids is 2. The van der Waals surface area contributed by atoms with Gasteiger partial charge in [-0.15, -0.1) is 0 Å². The molecule has 0 aromatic heterocycles. The van der Waals surface area contributed by atoms with Gasteiger partial charge in [-0.2, -0.15) is 0 Å². The van der Waals surface area contributed by atoms with E-state index in [-0.39, 0.29) is 0 Å². The minimum absolute atomic E-state index is 0.778. The quantitative estimate of drug-likeness (QED) is 0.673. The molecule has 3 N–H and O–H groups in total. The van der Waals surface area contributed by atoms with Crippen molar-refractivity contribution >= 4 is 18.0 Å². The summed E-state index contributed by atoms with van der Waals surface area (Å²) < 4.78 is 4.84. The van der Waals surface area contributed by atoms with Crippen molar-refractivity contribution < 1.29 is 29.3 Å². The van der Waals surface area contributed by atoms with Gasteiger partial charge >= 0.3 is 18.0 Å². The molecule has 0 saturated heterocycles. The molecule has 0 aliphatic carbocycles. The summed E-state index contributed by atoms with van der Waals surface area (Å²) in [6.07, 6.45) is -0.960. The lowest BCUT2D eigenvalue weighted by Crippen LogP contribution is -2.49. The lowest BCUT2D eigenvalue weighted by Gasteiger charge is -2.23. The van der Waals surface area contributed by atoms with Gasteiger partial charge < -0.3 is 20.3 Å². The Balaban J connectivity index is 4.62. The van der Waals surface area contributed by atoms with Gasteiger partial charge in [0.2, 0.25) is 0 Å². The number of carbonyl (C=O) groups is 3. The van der Waals surface area contributed by atoms with Gasteiger partial charge in [0.25, 0.3) is 0 Å². The molecule has 98 valence electrons. The van der Waals surface area contributed by atoms with Crippen LogP contribution in [0.1, 0.15) is 27.7 Å². The summed E-state index contributed by atoms with van der Waals surface area (Å²) >= 11 is 0. The first kappa shape index (κ1) is 15.2. The number of carbonyl (C=O) groups excluding carboxylic acids is 1. The number of nitrogens with one attached hydrogen (secondary N) is 1. The summed E-state index contributed by atoms with van der Waals surface area (Å²) in [5.41, 5.74) is -0.778. The van der Waals surface area contributed by atoms with Crippen LogP contribution in [-0.4, -0.2) is 39.9 Å². The van der Waals surface area contributed by atoms with Gasteiger partial charge in [0, 0.05) is 0 Å². The summed E-state index contributed by atoms with van der Waals surface area (Å²) in [6.45, 7) is 6.04. The molecular formula is C10H17NO6. The first-order chi connectivity index (χ1) is 7.54. The van der Waals surface area contributed by atoms with Gasteiger partial charge in [-0.05, 0) is 27.7 Å². The average Bonchev–Trinajstić information content (AvgIpc) is 2.09. The number of amides is 1. The molecule has 7 nitrogen and oxygen atoms in total. The van der Waals surface area contributed by atoms with Gasteiger partial charge in [-0.3, -0.25) is 4.79 Å². The van der Waals surface area contributed by atoms with Gasteiger partial charge in [0.15, 0.2) is 0 Å². The Morgan fingerprint density at radius 2 is 1.59 bits per heavy atom. The number of aliphatic carboxylic acids is 2. The Labute approximate surface area is 98.8 Å². The molecule has 17 heavy (non-hydrogen) atoms. The standard InChI is InChI=1S/C10H17NO6/c1-5(7(12)13)6(8(14)15)11-9(16)17-10(2,3)4/h5-6H,1-4H3,(H,11,16)(H,12,13)(H,14,15)/t5?,6-/m0/s1. The number of carboxylic acid groups (broad SMARTS) is 2. The van der Waals surface area contributed by atoms with E-state index in [1.807, 2.05) is 5.32 Å². The number of hydrogen-bond donors (Lipinski definition) is 3. The lowest BCUT2D eigenvalue weighted by atomic mass is 10.0. The number of alkyl carbamates (subject to hydrolysis) is 1. The summed E-state index contributed by atoms with van der Waals surface area (Å²) in [4.78, 5) is 32.8. The van der Waals surface area contributed by atoms with E-state index in [1.165, 1.54) is 6.92 Å². The maximum Gasteiger partial charge on any atom is 0.408 e. The highest BCUT2D eigenvalue weighted by Gasteiger charge is 2.32. The molecule has 0 saturated carbocycles. The van der Waals surface area contributed by atoms with Crippen LogP contribution in [0.15, 0.2) is 0 Å². The molecule has 0 radical (unpaired) electrons. The largest absolute Gasteiger partial charge is 0.481 e. The third-order valence-electron chi connectivity index (χ3n) is 1.83. The Kier molecular flexibility index (Phi) is 4.93. The molecule has 1 unspecified atom stereocenters. The molecule has 0 fully saturated rings. The fourth-order valence-electron chi connectivity index (χ4n) is 0.978. The molecule has 0 spiro atoms. The van der Waals surface area contributed by atoms with Crippen LogP contribution in [0.4, 0.5) is 4.79 Å². The van der Waals surface area contributed by atoms with Crippen molar-refractivity contribution in [1.29, 1.82) is 0 Å². The Morgan fingerprint density at radius 1 is 1.12 bits per heavy atom. The smallest absolute Gasteiger partial charge is 0.408 e. The molecule has 0 aliphatic heterocycles. The molecule has 0 aliphatic rings. The predicted molar refractivity (Wildman–Crippen MR) is 57.6 cm³/mol. The molecule has 2 atom stereocenters. The summed E-state index contributed by atoms with van der Waals surface area (Å²) in [5, 5.41) is 19.5. The van der Waals surface area contributed by atoms with Crippen LogP contribution in [0, 0.1) is 5.92 Å². The minimum Gasteiger partial charge on any atom is -0.481 e. The van der Waals surface area contributed by atoms with E-state index < -0.39 is 35.6 Å². The fourth-order valence-corrected chi connectivity index (χ4v) is 0.978. The third-order valence-corrected chi connectivity index (χ3v) is 1.83. The monoisotopic (exact) mass is 247 g/mol. The van der Waals surface area contributed by atoms with Crippen molar-refractivity contribution in [1.82, 2.24) is 5.32 Å². The minimum atomic E-state index is -1.53. The van der Waals surface area contributed by atoms with E-state index in [0.717, 1.165) is 0 Å². The summed E-state index contributed by atoms with van der Waals surface area (Å²) in [7, 11) is 0. The zero-order valence-corrected chi connectivity index (χ0v) is 10.2. The highest BCUT2D eigenvalue weighted by atomic mass is 16.6. The molecule has 0 aromatic carbocycles. The second kappa shape index (κ2) is 5.51. The molecule has 0 aromatic rings. The average molecular weight is 247 g/mol. The zero-order valence-electron chi connectivity index (χ0n) is 10.2. The SMILES string of the molecule is CC(C(=O)O)[C@H](NC(=O)OC(C)(C)C)C(=O)O. The van der Waals surface area contributed by atoms with Crippen molar-refractivity contribution in [2.75, 3.05) is 0 Å². The Morgan fingerprint density at radius 3 is 1.88 bits per heavy atom. The second-order valence-corrected chi connectivity index (χ2v) is 4.59. The van der Waals surface area contributed by atoms with Crippen molar-refractivity contribution in [3.05, 3.63) is 0 Å². The van der Waals surface area contributed by atoms with Gasteiger partial charge in [-0.25, -0.2) is 9.59 Å². The van der Waals surface area contributed by atoms with Crippen LogP contribution in [0.5, 0.6) is 0 Å². The van der Waals surface area contributed by atoms with Crippen molar-refractivity contribution in [2.24, 2.45) is 5.92 Å². The molecule has 0 heterocycles. The first-order valence-corrected chi connectivity index (χ1v) is 4.99. The van der Waals surface area contributed by atoms with Crippen LogP contribution in [0.2, 0.25) is 0 Å². The highest BCUT2D eigenvalue weighted by molar-refractivity contribution is 5.86. The Hall–Kier alpha value is -1.79. The van der Waals surface area contributed by atoms with Crippen molar-refractivity contribution in [2.45, 2.75) is 39.3 Å². The van der Waals surface area contributed by atoms with Crippen LogP contribution in [0.3, 0.4) is 0 Å². The highest BCUT2D eigenvalue weighted by Crippen LogP contribution is 2.09. The van der Waals surface area contributed by atoms with E-state index in [0.29, 0.717) is 0 Å². The van der Waals surface area contributed by atoms with Gasteiger partial charge in [-0.1, -0.05) is 0 Å². The van der Waals surface area contributed by atoms with Crippen molar-refractivity contribution in [3.63, 3.8) is 0 Å². The zero-order chi connectivity index (χ0) is 13.8. The molecular weight excluding hydrogens is 230 g/mol. The maximum atomic E-state index is 11.3. The third kappa shape index (κ3) is 5.74. The van der Waals surface area contributed by atoms with Crippen LogP contribution < -0.4 is 5.32 Å². The van der Waals surface area contributed by atoms with Crippen LogP contribution in [0.25, 0.3) is 0 Å². The van der Waals surface area contributed by atoms with Crippen molar-refractivity contribution in [3.8, 4) is 0 Å². The number of rotatable bonds is 4. The molecule has 1 amide bonds. The normalized spacial score (nSPS) is 14.6. The maximum absolute atomic E-state index is 11.3. The lowest BCUT2D eigenvalue weighted by molar-refractivity contribution is -0.150. The van der Waals surface area contributed by atoms with E-state index in [9.17, 15) is 14.4 Å². The van der Waals surface area contributed by atoms with E-state index >= 15 is 0 Å². The first-order valence-electron chi connectivity index (χ1n) is 4.99. The summed E-state index contributed by atoms with van der Waals surface area (Å²) in [5.74, 6) is -3.99. The fraction of sp³-hybridized carbons (Fsp3) is 0.700. The molecule has 0 rings (SSSR count). The Bertz CT molecular complexity index is 319. The molecule has 0 bridgehead atoms. The number of hydrogen-bond acceptors (Lipinski definition) is 4. The van der Waals surface area contributed by atoms with Gasteiger partial charge in [0.1, 0.15) is 11.6 Å².